The Morgan fingerprint density at radius 3 is 2.56 bits per heavy atom. The molecule has 0 aromatic carbocycles. The van der Waals surface area contributed by atoms with Crippen LogP contribution in [-0.4, -0.2) is 24.2 Å². The Kier molecular flexibility index (Phi) is 7.20. The summed E-state index contributed by atoms with van der Waals surface area (Å²) in [6.45, 7) is 2.55. The zero-order chi connectivity index (χ0) is 7.11. The van der Waals surface area contributed by atoms with E-state index in [2.05, 4.69) is 30.6 Å². The van der Waals surface area contributed by atoms with Crippen LogP contribution in [0.4, 0.5) is 0 Å². The van der Waals surface area contributed by atoms with Crippen LogP contribution in [0.3, 0.4) is 0 Å². The van der Waals surface area contributed by atoms with Crippen LogP contribution < -0.4 is 11.1 Å². The maximum Gasteiger partial charge on any atom is 0.0566 e. The van der Waals surface area contributed by atoms with Crippen molar-refractivity contribution in [2.75, 3.05) is 19.6 Å². The number of hydrogen-bond donors (Lipinski definition) is 4. The lowest BCUT2D eigenvalue weighted by atomic mass is 10.4. The van der Waals surface area contributed by atoms with Crippen molar-refractivity contribution in [3.63, 3.8) is 0 Å². The fourth-order valence-electron chi connectivity index (χ4n) is 0.458. The summed E-state index contributed by atoms with van der Waals surface area (Å²) >= 11 is 8.14. The predicted molar refractivity (Wildman–Crippen MR) is 48.3 cm³/mol. The normalized spacial score (nSPS) is 10.7. The van der Waals surface area contributed by atoms with Gasteiger partial charge in [0, 0.05) is 6.54 Å². The molecular formula is C5H14N2S2. The molecule has 0 aromatic rings. The van der Waals surface area contributed by atoms with Crippen molar-refractivity contribution in [2.24, 2.45) is 5.73 Å². The Hall–Kier alpha value is 0.620. The third-order valence-electron chi connectivity index (χ3n) is 0.885. The molecular weight excluding hydrogens is 152 g/mol. The second kappa shape index (κ2) is 6.74. The van der Waals surface area contributed by atoms with Crippen molar-refractivity contribution in [1.29, 1.82) is 0 Å². The molecule has 0 unspecified atom stereocenters. The van der Waals surface area contributed by atoms with E-state index < -0.39 is 0 Å². The zero-order valence-corrected chi connectivity index (χ0v) is 7.17. The van der Waals surface area contributed by atoms with Gasteiger partial charge in [0.1, 0.15) is 0 Å². The minimum atomic E-state index is 0.141. The van der Waals surface area contributed by atoms with E-state index in [0.717, 1.165) is 26.1 Å². The van der Waals surface area contributed by atoms with Crippen molar-refractivity contribution in [3.8, 4) is 0 Å². The fraction of sp³-hybridized carbons (Fsp3) is 1.00. The summed E-state index contributed by atoms with van der Waals surface area (Å²) in [6, 6.07) is 0. The Bertz CT molecular complexity index is 58.9. The summed E-state index contributed by atoms with van der Waals surface area (Å²) in [4.78, 5) is 0. The molecule has 0 aliphatic heterocycles. The first-order valence-electron chi connectivity index (χ1n) is 3.04. The first-order chi connectivity index (χ1) is 4.27. The SMILES string of the molecule is NCCCNCC(S)S. The maximum absolute atomic E-state index is 5.27. The fourth-order valence-corrected chi connectivity index (χ4v) is 0.716. The second-order valence-corrected chi connectivity index (χ2v) is 3.48. The highest BCUT2D eigenvalue weighted by atomic mass is 32.2. The van der Waals surface area contributed by atoms with Gasteiger partial charge >= 0.3 is 0 Å². The van der Waals surface area contributed by atoms with Crippen LogP contribution in [0, 0.1) is 0 Å². The Balaban J connectivity index is 2.75. The van der Waals surface area contributed by atoms with Crippen molar-refractivity contribution >= 4 is 25.3 Å². The molecule has 0 fully saturated rings. The summed E-state index contributed by atoms with van der Waals surface area (Å²) in [5.74, 6) is 0. The van der Waals surface area contributed by atoms with Crippen LogP contribution in [0.15, 0.2) is 0 Å². The highest BCUT2D eigenvalue weighted by Gasteiger charge is 1.91. The van der Waals surface area contributed by atoms with Crippen LogP contribution in [0.25, 0.3) is 0 Å². The van der Waals surface area contributed by atoms with Gasteiger partial charge in [0.05, 0.1) is 4.58 Å². The van der Waals surface area contributed by atoms with E-state index in [1.165, 1.54) is 0 Å². The number of nitrogens with one attached hydrogen (secondary N) is 1. The average molecular weight is 166 g/mol. The molecule has 3 N–H and O–H groups in total. The Morgan fingerprint density at radius 1 is 1.44 bits per heavy atom. The van der Waals surface area contributed by atoms with Gasteiger partial charge in [0.15, 0.2) is 0 Å². The molecule has 0 saturated carbocycles. The highest BCUT2D eigenvalue weighted by molar-refractivity contribution is 7.99. The van der Waals surface area contributed by atoms with E-state index in [1.807, 2.05) is 0 Å². The lowest BCUT2D eigenvalue weighted by Gasteiger charge is -2.03. The van der Waals surface area contributed by atoms with Gasteiger partial charge in [-0.05, 0) is 19.5 Å². The molecule has 2 nitrogen and oxygen atoms in total. The summed E-state index contributed by atoms with van der Waals surface area (Å²) in [5, 5.41) is 3.15. The van der Waals surface area contributed by atoms with Gasteiger partial charge in [-0.15, -0.1) is 0 Å². The number of rotatable bonds is 5. The molecule has 0 radical (unpaired) electrons. The topological polar surface area (TPSA) is 38.0 Å². The molecule has 0 atom stereocenters. The van der Waals surface area contributed by atoms with Crippen LogP contribution in [0.5, 0.6) is 0 Å². The predicted octanol–water partition coefficient (Wildman–Crippen LogP) is 0.111. The van der Waals surface area contributed by atoms with Gasteiger partial charge < -0.3 is 11.1 Å². The Labute approximate surface area is 67.4 Å². The molecule has 0 aliphatic carbocycles. The standard InChI is InChI=1S/C5H14N2S2/c6-2-1-3-7-4-5(8)9/h5,7-9H,1-4,6H2. The van der Waals surface area contributed by atoms with Crippen molar-refractivity contribution < 1.29 is 0 Å². The molecule has 0 aliphatic rings. The smallest absolute Gasteiger partial charge is 0.0566 e. The highest BCUT2D eigenvalue weighted by Crippen LogP contribution is 1.95. The molecule has 0 spiro atoms. The number of hydrogen-bond acceptors (Lipinski definition) is 4. The van der Waals surface area contributed by atoms with Crippen LogP contribution in [0.2, 0.25) is 0 Å². The van der Waals surface area contributed by atoms with Gasteiger partial charge in [-0.2, -0.15) is 25.3 Å². The van der Waals surface area contributed by atoms with Gasteiger partial charge in [0.2, 0.25) is 0 Å². The third kappa shape index (κ3) is 8.62. The van der Waals surface area contributed by atoms with Gasteiger partial charge in [-0.3, -0.25) is 0 Å². The number of nitrogens with two attached hydrogens (primary N) is 1. The molecule has 0 bridgehead atoms. The monoisotopic (exact) mass is 166 g/mol. The third-order valence-corrected chi connectivity index (χ3v) is 1.25. The first-order valence-corrected chi connectivity index (χ1v) is 4.07. The van der Waals surface area contributed by atoms with E-state index in [4.69, 9.17) is 5.73 Å². The van der Waals surface area contributed by atoms with Crippen molar-refractivity contribution in [1.82, 2.24) is 5.32 Å². The molecule has 9 heavy (non-hydrogen) atoms. The summed E-state index contributed by atoms with van der Waals surface area (Å²) in [5.41, 5.74) is 5.27. The van der Waals surface area contributed by atoms with Crippen LogP contribution in [-0.2, 0) is 0 Å². The lowest BCUT2D eigenvalue weighted by Crippen LogP contribution is -2.23. The minimum absolute atomic E-state index is 0.141. The van der Waals surface area contributed by atoms with Gasteiger partial charge in [-0.1, -0.05) is 0 Å². The average Bonchev–Trinajstić information content (AvgIpc) is 1.80. The molecule has 0 rings (SSSR count). The minimum Gasteiger partial charge on any atom is -0.330 e. The van der Waals surface area contributed by atoms with E-state index in [-0.39, 0.29) is 4.58 Å². The summed E-state index contributed by atoms with van der Waals surface area (Å²) in [6.07, 6.45) is 1.02. The second-order valence-electron chi connectivity index (χ2n) is 1.83. The molecule has 0 aromatic heterocycles. The van der Waals surface area contributed by atoms with E-state index in [1.54, 1.807) is 0 Å². The van der Waals surface area contributed by atoms with Crippen molar-refractivity contribution in [3.05, 3.63) is 0 Å². The largest absolute Gasteiger partial charge is 0.330 e. The first kappa shape index (κ1) is 9.62. The van der Waals surface area contributed by atoms with E-state index >= 15 is 0 Å². The van der Waals surface area contributed by atoms with Crippen molar-refractivity contribution in [2.45, 2.75) is 11.0 Å². The molecule has 56 valence electrons. The number of thiol groups is 2. The Morgan fingerprint density at radius 2 is 2.11 bits per heavy atom. The molecule has 0 saturated heterocycles. The van der Waals surface area contributed by atoms with Crippen LogP contribution >= 0.6 is 25.3 Å². The van der Waals surface area contributed by atoms with Crippen LogP contribution in [0.1, 0.15) is 6.42 Å². The molecule has 0 heterocycles. The lowest BCUT2D eigenvalue weighted by molar-refractivity contribution is 0.677. The molecule has 0 amide bonds. The van der Waals surface area contributed by atoms with E-state index in [0.29, 0.717) is 0 Å². The summed E-state index contributed by atoms with van der Waals surface area (Å²) < 4.78 is 0.141. The van der Waals surface area contributed by atoms with Gasteiger partial charge in [-0.25, -0.2) is 0 Å². The quantitative estimate of drug-likeness (QED) is 0.266. The maximum atomic E-state index is 5.27. The molecule has 4 heteroatoms. The van der Waals surface area contributed by atoms with Gasteiger partial charge in [0.25, 0.3) is 0 Å². The van der Waals surface area contributed by atoms with E-state index in [9.17, 15) is 0 Å². The summed E-state index contributed by atoms with van der Waals surface area (Å²) in [7, 11) is 0. The zero-order valence-electron chi connectivity index (χ0n) is 5.38.